The molecule has 78 heavy (non-hydrogen) atoms. The number of ether oxygens (including phenoxy) is 4. The number of hydrogen-bond acceptors (Lipinski definition) is 13. The highest BCUT2D eigenvalue weighted by atomic mass is 16.6. The minimum Gasteiger partial charge on any atom is -0.444 e. The minimum absolute atomic E-state index is 0.0217. The molecule has 4 aliphatic heterocycles. The average Bonchev–Trinajstić information content (AvgIpc) is 3.30. The first-order valence-electron chi connectivity index (χ1n) is 27.2. The van der Waals surface area contributed by atoms with Crippen LogP contribution in [-0.4, -0.2) is 175 Å². The first-order valence-corrected chi connectivity index (χ1v) is 27.2. The first-order chi connectivity index (χ1) is 36.3. The van der Waals surface area contributed by atoms with E-state index in [4.69, 9.17) is 18.9 Å². The molecule has 0 atom stereocenters. The van der Waals surface area contributed by atoms with Crippen LogP contribution in [0.4, 0.5) is 24.9 Å². The molecule has 0 saturated carbocycles. The zero-order valence-corrected chi connectivity index (χ0v) is 48.6. The summed E-state index contributed by atoms with van der Waals surface area (Å²) in [5, 5.41) is 13.0. The van der Waals surface area contributed by atoms with Crippen LogP contribution in [0.3, 0.4) is 0 Å². The van der Waals surface area contributed by atoms with Gasteiger partial charge in [-0.15, -0.1) is 0 Å². The third-order valence-corrected chi connectivity index (χ3v) is 12.6. The summed E-state index contributed by atoms with van der Waals surface area (Å²) >= 11 is 0. The van der Waals surface area contributed by atoms with Crippen LogP contribution in [0.5, 0.6) is 0 Å². The second-order valence-electron chi connectivity index (χ2n) is 25.0. The Labute approximate surface area is 462 Å². The van der Waals surface area contributed by atoms with Crippen LogP contribution in [0.15, 0.2) is 48.5 Å². The molecule has 0 unspecified atom stereocenters. The molecule has 2 aromatic rings. The van der Waals surface area contributed by atoms with Gasteiger partial charge in [-0.3, -0.25) is 14.4 Å². The second kappa shape index (κ2) is 26.4. The van der Waals surface area contributed by atoms with E-state index in [-0.39, 0.29) is 103 Å². The van der Waals surface area contributed by atoms with Gasteiger partial charge in [-0.2, -0.15) is 0 Å². The number of para-hydroxylation sites is 1. The summed E-state index contributed by atoms with van der Waals surface area (Å²) < 4.78 is 23.9. The van der Waals surface area contributed by atoms with Gasteiger partial charge in [0, 0.05) is 108 Å². The number of anilines is 1. The molecular weight excluding hydrogens is 999 g/mol. The Hall–Kier alpha value is -6.59. The van der Waals surface area contributed by atoms with E-state index >= 15 is 0 Å². The van der Waals surface area contributed by atoms with Crippen molar-refractivity contribution >= 4 is 47.8 Å². The molecular formula is C58H87N9O11. The highest BCUT2D eigenvalue weighted by Gasteiger charge is 2.43. The highest BCUT2D eigenvalue weighted by Crippen LogP contribution is 2.28. The van der Waals surface area contributed by atoms with E-state index in [2.05, 4.69) is 33.1 Å². The molecule has 2 bridgehead atoms. The smallest absolute Gasteiger partial charge is 0.410 e. The van der Waals surface area contributed by atoms with E-state index < -0.39 is 63.6 Å². The number of carbonyl (C=O) groups is 7. The maximum Gasteiger partial charge on any atom is 0.410 e. The largest absolute Gasteiger partial charge is 0.444 e. The van der Waals surface area contributed by atoms with E-state index in [1.165, 1.54) is 19.6 Å². The van der Waals surface area contributed by atoms with E-state index in [0.717, 1.165) is 16.7 Å². The van der Waals surface area contributed by atoms with Gasteiger partial charge in [0.25, 0.3) is 0 Å². The van der Waals surface area contributed by atoms with Gasteiger partial charge in [0.05, 0.1) is 30.9 Å². The molecule has 0 radical (unpaired) electrons. The van der Waals surface area contributed by atoms with Gasteiger partial charge in [-0.25, -0.2) is 19.2 Å². The number of hydrogen-bond donors (Lipinski definition) is 4. The SMILES string of the molecule is CC12CNCCNCC(NC(=O)CCCC(=O)NCCC(=O)N3Cc4ccccc4C#Cc4ccccc43)(CN(C(=O)OC(C)(C)C)CCN(C(=O)OC(C)(C)C)C1)CN(C(=O)OC(C)(C)C)CCN(C(=O)OC(C)(C)C)C2. The van der Waals surface area contributed by atoms with E-state index in [0.29, 0.717) is 31.9 Å². The van der Waals surface area contributed by atoms with Gasteiger partial charge < -0.3 is 64.7 Å². The van der Waals surface area contributed by atoms with Crippen molar-refractivity contribution in [2.75, 3.05) is 90.0 Å². The zero-order valence-electron chi connectivity index (χ0n) is 48.6. The van der Waals surface area contributed by atoms with Crippen LogP contribution in [-0.2, 0) is 39.9 Å². The number of nitrogens with one attached hydrogen (secondary N) is 4. The molecule has 20 heteroatoms. The van der Waals surface area contributed by atoms with Crippen LogP contribution < -0.4 is 26.2 Å². The van der Waals surface area contributed by atoms with Crippen molar-refractivity contribution in [3.8, 4) is 11.8 Å². The van der Waals surface area contributed by atoms with Crippen molar-refractivity contribution in [2.45, 2.75) is 150 Å². The van der Waals surface area contributed by atoms with Crippen LogP contribution in [0.2, 0.25) is 0 Å². The number of carbonyl (C=O) groups excluding carboxylic acids is 7. The van der Waals surface area contributed by atoms with Gasteiger partial charge >= 0.3 is 24.4 Å². The van der Waals surface area contributed by atoms with Crippen molar-refractivity contribution in [3.05, 3.63) is 65.2 Å². The zero-order chi connectivity index (χ0) is 57.7. The quantitative estimate of drug-likeness (QED) is 0.161. The highest BCUT2D eigenvalue weighted by molar-refractivity contribution is 5.95. The molecule has 0 aliphatic carbocycles. The number of nitrogens with zero attached hydrogens (tertiary/aromatic N) is 5. The Morgan fingerprint density at radius 1 is 0.551 bits per heavy atom. The summed E-state index contributed by atoms with van der Waals surface area (Å²) in [6.45, 7) is 23.9. The third-order valence-electron chi connectivity index (χ3n) is 12.6. The Kier molecular flexibility index (Phi) is 21.0. The van der Waals surface area contributed by atoms with Crippen molar-refractivity contribution in [1.82, 2.24) is 40.9 Å². The molecule has 0 aromatic heterocycles. The molecule has 6 rings (SSSR count). The Balaban J connectivity index is 1.45. The molecule has 7 amide bonds. The first kappa shape index (κ1) is 62.3. The molecule has 4 heterocycles. The lowest BCUT2D eigenvalue weighted by Gasteiger charge is -2.45. The monoisotopic (exact) mass is 1090 g/mol. The fraction of sp³-hybridized carbons (Fsp3) is 0.638. The topological polar surface area (TPSA) is 221 Å². The van der Waals surface area contributed by atoms with Crippen LogP contribution >= 0.6 is 0 Å². The van der Waals surface area contributed by atoms with Crippen molar-refractivity contribution in [2.24, 2.45) is 5.41 Å². The predicted octanol–water partition coefficient (Wildman–Crippen LogP) is 6.63. The summed E-state index contributed by atoms with van der Waals surface area (Å²) in [5.74, 6) is 5.40. The van der Waals surface area contributed by atoms with E-state index in [1.54, 1.807) is 88.0 Å². The number of rotatable bonds is 8. The lowest BCUT2D eigenvalue weighted by Crippen LogP contribution is -2.68. The normalized spacial score (nSPS) is 19.9. The van der Waals surface area contributed by atoms with E-state index in [9.17, 15) is 33.6 Å². The molecule has 20 nitrogen and oxygen atoms in total. The number of fused-ring (bicyclic) bond motifs is 17. The number of amides is 7. The standard InChI is InChI=1S/C58H87N9O11/c1-53(2,3)75-49(71)63-31-33-65(51(73)77-55(7,8)9)40-58(37-60-30-29-59-36-57(13,38-63)39-64(50(72)76-54(4,5)6)32-34-66(41-58)52(74)78-56(10,11)12)62-47(69)24-18-23-46(68)61-28-27-48(70)67-35-44-21-15-14-19-42(44)25-26-43-20-16-17-22-45(43)67/h14-17,19-22,59-60H,18,23-24,27-41H2,1-13H3,(H,61,68)(H,62,69). The molecule has 2 aromatic carbocycles. The van der Waals surface area contributed by atoms with Crippen LogP contribution in [0.1, 0.15) is 132 Å². The molecule has 4 aliphatic rings. The Morgan fingerprint density at radius 3 is 1.47 bits per heavy atom. The van der Waals surface area contributed by atoms with Crippen molar-refractivity contribution < 1.29 is 52.5 Å². The summed E-state index contributed by atoms with van der Waals surface area (Å²) in [7, 11) is 0. The van der Waals surface area contributed by atoms with Crippen molar-refractivity contribution in [1.29, 1.82) is 0 Å². The summed E-state index contributed by atoms with van der Waals surface area (Å²) in [6.07, 6.45) is -2.74. The Morgan fingerprint density at radius 2 is 0.974 bits per heavy atom. The van der Waals surface area contributed by atoms with Gasteiger partial charge in [-0.05, 0) is 113 Å². The maximum atomic E-state index is 14.5. The molecule has 3 fully saturated rings. The van der Waals surface area contributed by atoms with Crippen molar-refractivity contribution in [3.63, 3.8) is 0 Å². The van der Waals surface area contributed by atoms with Gasteiger partial charge in [0.1, 0.15) is 22.4 Å². The molecule has 3 saturated heterocycles. The summed E-state index contributed by atoms with van der Waals surface area (Å²) in [5.41, 5.74) is -2.81. The van der Waals surface area contributed by atoms with Gasteiger partial charge in [0.15, 0.2) is 0 Å². The number of benzene rings is 2. The van der Waals surface area contributed by atoms with Gasteiger partial charge in [0.2, 0.25) is 17.7 Å². The molecule has 0 spiro atoms. The molecule has 430 valence electrons. The summed E-state index contributed by atoms with van der Waals surface area (Å²) in [6, 6.07) is 15.2. The third kappa shape index (κ3) is 20.3. The lowest BCUT2D eigenvalue weighted by atomic mass is 9.88. The van der Waals surface area contributed by atoms with Crippen LogP contribution in [0, 0.1) is 17.3 Å². The van der Waals surface area contributed by atoms with Crippen LogP contribution in [0.25, 0.3) is 0 Å². The fourth-order valence-corrected chi connectivity index (χ4v) is 9.23. The Bertz CT molecular complexity index is 2440. The fourth-order valence-electron chi connectivity index (χ4n) is 9.23. The summed E-state index contributed by atoms with van der Waals surface area (Å²) in [4.78, 5) is 107. The second-order valence-corrected chi connectivity index (χ2v) is 25.0. The van der Waals surface area contributed by atoms with E-state index in [1.807, 2.05) is 55.5 Å². The maximum absolute atomic E-state index is 14.5. The lowest BCUT2D eigenvalue weighted by molar-refractivity contribution is -0.124. The predicted molar refractivity (Wildman–Crippen MR) is 297 cm³/mol. The average molecular weight is 1090 g/mol. The van der Waals surface area contributed by atoms with Gasteiger partial charge in [-0.1, -0.05) is 49.1 Å². The minimum atomic E-state index is -1.49. The molecule has 4 N–H and O–H groups in total.